The van der Waals surface area contributed by atoms with Crippen LogP contribution < -0.4 is 10.5 Å². The third-order valence-electron chi connectivity index (χ3n) is 2.71. The summed E-state index contributed by atoms with van der Waals surface area (Å²) in [6.45, 7) is 0.459. The van der Waals surface area contributed by atoms with Gasteiger partial charge in [-0.15, -0.1) is 0 Å². The van der Waals surface area contributed by atoms with Gasteiger partial charge in [-0.25, -0.2) is 4.98 Å². The molecule has 0 aliphatic carbocycles. The molecule has 1 aromatic carbocycles. The van der Waals surface area contributed by atoms with Gasteiger partial charge in [-0.05, 0) is 40.2 Å². The number of imidazole rings is 1. The van der Waals surface area contributed by atoms with Crippen molar-refractivity contribution >= 4 is 15.9 Å². The number of hydrogen-bond donors (Lipinski definition) is 1. The summed E-state index contributed by atoms with van der Waals surface area (Å²) in [5, 5.41) is 0. The van der Waals surface area contributed by atoms with Crippen LogP contribution in [0.15, 0.2) is 28.9 Å². The van der Waals surface area contributed by atoms with Crippen molar-refractivity contribution < 1.29 is 4.74 Å². The standard InChI is InChI=1S/C12H14BrN3O/c1-16-10(7-14)11(13)15-12(16)8-3-5-9(17-2)6-4-8/h3-6H,7,14H2,1-2H3. The van der Waals surface area contributed by atoms with Crippen LogP contribution in [0, 0.1) is 0 Å². The molecule has 0 bridgehead atoms. The minimum absolute atomic E-state index is 0.459. The zero-order chi connectivity index (χ0) is 12.4. The van der Waals surface area contributed by atoms with Crippen LogP contribution >= 0.6 is 15.9 Å². The first-order valence-corrected chi connectivity index (χ1v) is 6.02. The number of methoxy groups -OCH3 is 1. The van der Waals surface area contributed by atoms with E-state index in [1.807, 2.05) is 35.9 Å². The summed E-state index contributed by atoms with van der Waals surface area (Å²) < 4.78 is 7.92. The van der Waals surface area contributed by atoms with Gasteiger partial charge in [0.2, 0.25) is 0 Å². The van der Waals surface area contributed by atoms with E-state index in [9.17, 15) is 0 Å². The summed E-state index contributed by atoms with van der Waals surface area (Å²) in [5.74, 6) is 1.72. The Labute approximate surface area is 109 Å². The molecule has 0 saturated heterocycles. The molecule has 0 radical (unpaired) electrons. The molecule has 0 aliphatic heterocycles. The van der Waals surface area contributed by atoms with Crippen LogP contribution in [-0.4, -0.2) is 16.7 Å². The molecule has 4 nitrogen and oxygen atoms in total. The lowest BCUT2D eigenvalue weighted by atomic mass is 10.2. The maximum atomic E-state index is 5.68. The van der Waals surface area contributed by atoms with Crippen molar-refractivity contribution in [3.8, 4) is 17.1 Å². The Morgan fingerprint density at radius 2 is 2.00 bits per heavy atom. The largest absolute Gasteiger partial charge is 0.497 e. The van der Waals surface area contributed by atoms with E-state index in [4.69, 9.17) is 10.5 Å². The smallest absolute Gasteiger partial charge is 0.141 e. The summed E-state index contributed by atoms with van der Waals surface area (Å²) in [7, 11) is 3.61. The zero-order valence-corrected chi connectivity index (χ0v) is 11.4. The Hall–Kier alpha value is -1.33. The Morgan fingerprint density at radius 1 is 1.35 bits per heavy atom. The molecular formula is C12H14BrN3O. The first kappa shape index (κ1) is 12.1. The quantitative estimate of drug-likeness (QED) is 0.945. The molecule has 0 aliphatic rings. The Bertz CT molecular complexity index is 519. The van der Waals surface area contributed by atoms with Crippen molar-refractivity contribution in [1.29, 1.82) is 0 Å². The number of aromatic nitrogens is 2. The molecule has 1 heterocycles. The van der Waals surface area contributed by atoms with Gasteiger partial charge in [0.15, 0.2) is 0 Å². The number of hydrogen-bond acceptors (Lipinski definition) is 3. The van der Waals surface area contributed by atoms with E-state index in [0.717, 1.165) is 27.4 Å². The molecule has 17 heavy (non-hydrogen) atoms. The summed E-state index contributed by atoms with van der Waals surface area (Å²) in [4.78, 5) is 4.47. The Morgan fingerprint density at radius 3 is 2.47 bits per heavy atom. The summed E-state index contributed by atoms with van der Waals surface area (Å²) in [6.07, 6.45) is 0. The van der Waals surface area contributed by atoms with Crippen molar-refractivity contribution in [2.75, 3.05) is 7.11 Å². The van der Waals surface area contributed by atoms with Gasteiger partial charge in [-0.1, -0.05) is 0 Å². The average Bonchev–Trinajstić information content (AvgIpc) is 2.64. The molecule has 0 unspecified atom stereocenters. The van der Waals surface area contributed by atoms with Gasteiger partial charge < -0.3 is 15.0 Å². The molecule has 5 heteroatoms. The third kappa shape index (κ3) is 2.21. The molecule has 90 valence electrons. The number of nitrogens with two attached hydrogens (primary N) is 1. The molecule has 2 rings (SSSR count). The van der Waals surface area contributed by atoms with Crippen LogP contribution in [0.1, 0.15) is 5.69 Å². The summed E-state index contributed by atoms with van der Waals surface area (Å²) in [5.41, 5.74) is 7.70. The van der Waals surface area contributed by atoms with Crippen LogP contribution in [0.2, 0.25) is 0 Å². The van der Waals surface area contributed by atoms with E-state index in [1.165, 1.54) is 0 Å². The summed E-state index contributed by atoms with van der Waals surface area (Å²) >= 11 is 3.42. The van der Waals surface area contributed by atoms with Gasteiger partial charge in [0, 0.05) is 19.2 Å². The van der Waals surface area contributed by atoms with E-state index in [1.54, 1.807) is 7.11 Å². The fraction of sp³-hybridized carbons (Fsp3) is 0.250. The number of rotatable bonds is 3. The average molecular weight is 296 g/mol. The SMILES string of the molecule is COc1ccc(-c2nc(Br)c(CN)n2C)cc1. The second-order valence-corrected chi connectivity index (χ2v) is 4.42. The molecule has 1 aromatic heterocycles. The van der Waals surface area contributed by atoms with Gasteiger partial charge in [-0.3, -0.25) is 0 Å². The highest BCUT2D eigenvalue weighted by atomic mass is 79.9. The lowest BCUT2D eigenvalue weighted by Crippen LogP contribution is -2.04. The van der Waals surface area contributed by atoms with Crippen molar-refractivity contribution in [3.63, 3.8) is 0 Å². The monoisotopic (exact) mass is 295 g/mol. The Balaban J connectivity index is 2.45. The Kier molecular flexibility index (Phi) is 3.49. The van der Waals surface area contributed by atoms with Crippen molar-refractivity contribution in [2.24, 2.45) is 12.8 Å². The molecule has 0 fully saturated rings. The van der Waals surface area contributed by atoms with Gasteiger partial charge in [0.1, 0.15) is 16.2 Å². The van der Waals surface area contributed by atoms with Crippen LogP contribution in [-0.2, 0) is 13.6 Å². The van der Waals surface area contributed by atoms with E-state index in [-0.39, 0.29) is 0 Å². The zero-order valence-electron chi connectivity index (χ0n) is 9.77. The highest BCUT2D eigenvalue weighted by Gasteiger charge is 2.12. The topological polar surface area (TPSA) is 53.1 Å². The van der Waals surface area contributed by atoms with Crippen LogP contribution in [0.5, 0.6) is 5.75 Å². The molecule has 2 aromatic rings. The first-order chi connectivity index (χ1) is 8.17. The third-order valence-corrected chi connectivity index (χ3v) is 3.34. The highest BCUT2D eigenvalue weighted by Crippen LogP contribution is 2.25. The van der Waals surface area contributed by atoms with Crippen molar-refractivity contribution in [2.45, 2.75) is 6.54 Å². The van der Waals surface area contributed by atoms with Crippen LogP contribution in [0.4, 0.5) is 0 Å². The van der Waals surface area contributed by atoms with Crippen molar-refractivity contribution in [1.82, 2.24) is 9.55 Å². The molecule has 0 spiro atoms. The second kappa shape index (κ2) is 4.89. The predicted molar refractivity (Wildman–Crippen MR) is 70.8 cm³/mol. The number of benzene rings is 1. The second-order valence-electron chi connectivity index (χ2n) is 3.66. The molecule has 2 N–H and O–H groups in total. The maximum absolute atomic E-state index is 5.68. The van der Waals surface area contributed by atoms with Crippen molar-refractivity contribution in [3.05, 3.63) is 34.6 Å². The van der Waals surface area contributed by atoms with Gasteiger partial charge in [0.05, 0.1) is 12.8 Å². The van der Waals surface area contributed by atoms with Gasteiger partial charge in [0.25, 0.3) is 0 Å². The maximum Gasteiger partial charge on any atom is 0.141 e. The fourth-order valence-electron chi connectivity index (χ4n) is 1.72. The summed E-state index contributed by atoms with van der Waals surface area (Å²) in [6, 6.07) is 7.79. The van der Waals surface area contributed by atoms with E-state index in [2.05, 4.69) is 20.9 Å². The normalized spacial score (nSPS) is 10.6. The molecule has 0 amide bonds. The minimum Gasteiger partial charge on any atom is -0.497 e. The van der Waals surface area contributed by atoms with E-state index in [0.29, 0.717) is 6.54 Å². The highest BCUT2D eigenvalue weighted by molar-refractivity contribution is 9.10. The number of nitrogens with zero attached hydrogens (tertiary/aromatic N) is 2. The molecule has 0 saturated carbocycles. The van der Waals surface area contributed by atoms with E-state index >= 15 is 0 Å². The van der Waals surface area contributed by atoms with Crippen LogP contribution in [0.25, 0.3) is 11.4 Å². The minimum atomic E-state index is 0.459. The lowest BCUT2D eigenvalue weighted by molar-refractivity contribution is 0.415. The predicted octanol–water partition coefficient (Wildman–Crippen LogP) is 2.32. The van der Waals surface area contributed by atoms with Gasteiger partial charge in [-0.2, -0.15) is 0 Å². The number of ether oxygens (including phenoxy) is 1. The first-order valence-electron chi connectivity index (χ1n) is 5.23. The molecule has 0 atom stereocenters. The van der Waals surface area contributed by atoms with Gasteiger partial charge >= 0.3 is 0 Å². The van der Waals surface area contributed by atoms with E-state index < -0.39 is 0 Å². The number of halogens is 1. The fourth-order valence-corrected chi connectivity index (χ4v) is 2.31. The lowest BCUT2D eigenvalue weighted by Gasteiger charge is -2.05. The molecular weight excluding hydrogens is 282 g/mol. The van der Waals surface area contributed by atoms with Crippen LogP contribution in [0.3, 0.4) is 0 Å².